The Labute approximate surface area is 104 Å². The van der Waals surface area contributed by atoms with Crippen molar-refractivity contribution in [3.8, 4) is 0 Å². The van der Waals surface area contributed by atoms with E-state index in [0.29, 0.717) is 12.1 Å². The van der Waals surface area contributed by atoms with Gasteiger partial charge in [0.1, 0.15) is 6.26 Å². The number of likely N-dealkylation sites (N-methyl/N-ethyl adjacent to an activating group) is 1. The first-order chi connectivity index (χ1) is 8.02. The van der Waals surface area contributed by atoms with Crippen LogP contribution >= 0.6 is 0 Å². The van der Waals surface area contributed by atoms with Crippen molar-refractivity contribution in [2.24, 2.45) is 0 Å². The van der Waals surface area contributed by atoms with E-state index < -0.39 is 0 Å². The number of hydrogen-bond donors (Lipinski definition) is 1. The maximum atomic E-state index is 5.48. The van der Waals surface area contributed by atoms with Gasteiger partial charge in [0.25, 0.3) is 6.01 Å². The van der Waals surface area contributed by atoms with Gasteiger partial charge in [-0.3, -0.25) is 0 Å². The molecule has 0 aromatic carbocycles. The van der Waals surface area contributed by atoms with Crippen LogP contribution in [-0.4, -0.2) is 24.1 Å². The quantitative estimate of drug-likeness (QED) is 0.740. The van der Waals surface area contributed by atoms with Gasteiger partial charge < -0.3 is 14.6 Å². The van der Waals surface area contributed by atoms with Gasteiger partial charge in [-0.05, 0) is 13.8 Å². The molecule has 1 aromatic rings. The Morgan fingerprint density at radius 3 is 2.82 bits per heavy atom. The van der Waals surface area contributed by atoms with E-state index in [1.165, 1.54) is 0 Å². The SMILES string of the molecule is C=C(C)CN(CC)c1nc(CNC(C)C)co1. The molecule has 4 heteroatoms. The summed E-state index contributed by atoms with van der Waals surface area (Å²) >= 11 is 0. The third-order valence-electron chi connectivity index (χ3n) is 2.34. The Morgan fingerprint density at radius 2 is 2.29 bits per heavy atom. The number of nitrogens with one attached hydrogen (secondary N) is 1. The monoisotopic (exact) mass is 237 g/mol. The maximum absolute atomic E-state index is 5.48. The van der Waals surface area contributed by atoms with Crippen LogP contribution < -0.4 is 10.2 Å². The summed E-state index contributed by atoms with van der Waals surface area (Å²) in [5, 5.41) is 3.31. The molecule has 0 aliphatic rings. The predicted molar refractivity (Wildman–Crippen MR) is 71.2 cm³/mol. The van der Waals surface area contributed by atoms with Gasteiger partial charge in [0, 0.05) is 25.7 Å². The number of hydrogen-bond acceptors (Lipinski definition) is 4. The first kappa shape index (κ1) is 13.8. The van der Waals surface area contributed by atoms with Gasteiger partial charge in [0.15, 0.2) is 0 Å². The molecule has 1 rings (SSSR count). The predicted octanol–water partition coefficient (Wildman–Crippen LogP) is 2.58. The minimum atomic E-state index is 0.452. The summed E-state index contributed by atoms with van der Waals surface area (Å²) in [5.41, 5.74) is 2.04. The molecule has 1 aromatic heterocycles. The molecule has 0 bridgehead atoms. The summed E-state index contributed by atoms with van der Waals surface area (Å²) < 4.78 is 5.48. The summed E-state index contributed by atoms with van der Waals surface area (Å²) in [6.07, 6.45) is 1.71. The normalized spacial score (nSPS) is 10.9. The highest BCUT2D eigenvalue weighted by Crippen LogP contribution is 2.14. The fourth-order valence-electron chi connectivity index (χ4n) is 1.47. The molecule has 0 atom stereocenters. The molecule has 0 fully saturated rings. The second-order valence-electron chi connectivity index (χ2n) is 4.63. The molecule has 0 unspecified atom stereocenters. The van der Waals surface area contributed by atoms with Crippen molar-refractivity contribution < 1.29 is 4.42 Å². The van der Waals surface area contributed by atoms with Crippen molar-refractivity contribution in [2.45, 2.75) is 40.3 Å². The minimum absolute atomic E-state index is 0.452. The van der Waals surface area contributed by atoms with Gasteiger partial charge >= 0.3 is 0 Å². The van der Waals surface area contributed by atoms with Gasteiger partial charge in [-0.25, -0.2) is 0 Å². The van der Waals surface area contributed by atoms with Gasteiger partial charge in [-0.1, -0.05) is 26.0 Å². The number of rotatable bonds is 7. The van der Waals surface area contributed by atoms with Gasteiger partial charge in [-0.15, -0.1) is 0 Å². The van der Waals surface area contributed by atoms with Crippen molar-refractivity contribution in [3.63, 3.8) is 0 Å². The highest BCUT2D eigenvalue weighted by molar-refractivity contribution is 5.29. The van der Waals surface area contributed by atoms with Crippen molar-refractivity contribution in [2.75, 3.05) is 18.0 Å². The standard InChI is InChI=1S/C13H23N3O/c1-6-16(8-10(2)3)13-15-12(9-17-13)7-14-11(4)5/h9,11,14H,2,6-8H2,1,3-5H3. The Kier molecular flexibility index (Phi) is 5.22. The molecule has 0 saturated heterocycles. The summed E-state index contributed by atoms with van der Waals surface area (Å²) in [5.74, 6) is 0. The highest BCUT2D eigenvalue weighted by atomic mass is 16.4. The van der Waals surface area contributed by atoms with E-state index in [0.717, 1.165) is 30.9 Å². The lowest BCUT2D eigenvalue weighted by Crippen LogP contribution is -2.25. The zero-order valence-corrected chi connectivity index (χ0v) is 11.3. The summed E-state index contributed by atoms with van der Waals surface area (Å²) in [6.45, 7) is 14.6. The van der Waals surface area contributed by atoms with E-state index in [1.807, 2.05) is 6.92 Å². The number of oxazole rings is 1. The lowest BCUT2D eigenvalue weighted by Gasteiger charge is -2.17. The molecule has 1 heterocycles. The molecule has 0 spiro atoms. The first-order valence-corrected chi connectivity index (χ1v) is 6.10. The van der Waals surface area contributed by atoms with Crippen LogP contribution in [0.25, 0.3) is 0 Å². The summed E-state index contributed by atoms with van der Waals surface area (Å²) in [7, 11) is 0. The molecule has 17 heavy (non-hydrogen) atoms. The minimum Gasteiger partial charge on any atom is -0.432 e. The van der Waals surface area contributed by atoms with Crippen LogP contribution in [0, 0.1) is 0 Å². The average Bonchev–Trinajstić information content (AvgIpc) is 2.71. The zero-order valence-electron chi connectivity index (χ0n) is 11.3. The van der Waals surface area contributed by atoms with Crippen molar-refractivity contribution >= 4 is 6.01 Å². The number of aromatic nitrogens is 1. The lowest BCUT2D eigenvalue weighted by molar-refractivity contribution is 0.537. The Balaban J connectivity index is 2.61. The zero-order chi connectivity index (χ0) is 12.8. The molecule has 0 aliphatic carbocycles. The fraction of sp³-hybridized carbons (Fsp3) is 0.615. The first-order valence-electron chi connectivity index (χ1n) is 6.10. The van der Waals surface area contributed by atoms with Gasteiger partial charge in [-0.2, -0.15) is 4.98 Å². The maximum Gasteiger partial charge on any atom is 0.297 e. The van der Waals surface area contributed by atoms with Crippen molar-refractivity contribution in [3.05, 3.63) is 24.1 Å². The summed E-state index contributed by atoms with van der Waals surface area (Å²) in [6, 6.07) is 1.13. The number of nitrogens with zero attached hydrogens (tertiary/aromatic N) is 2. The van der Waals surface area contributed by atoms with Crippen LogP contribution in [0.3, 0.4) is 0 Å². The molecule has 0 aliphatic heterocycles. The third kappa shape index (κ3) is 4.61. The van der Waals surface area contributed by atoms with Crippen molar-refractivity contribution in [1.29, 1.82) is 0 Å². The van der Waals surface area contributed by atoms with Gasteiger partial charge in [0.05, 0.1) is 5.69 Å². The Morgan fingerprint density at radius 1 is 1.59 bits per heavy atom. The Bertz CT molecular complexity index is 357. The molecule has 4 nitrogen and oxygen atoms in total. The van der Waals surface area contributed by atoms with Crippen LogP contribution in [0.15, 0.2) is 22.8 Å². The molecule has 0 radical (unpaired) electrons. The van der Waals surface area contributed by atoms with E-state index in [9.17, 15) is 0 Å². The molecular formula is C13H23N3O. The van der Waals surface area contributed by atoms with Crippen LogP contribution in [0.5, 0.6) is 0 Å². The second-order valence-corrected chi connectivity index (χ2v) is 4.63. The molecule has 0 saturated carbocycles. The average molecular weight is 237 g/mol. The van der Waals surface area contributed by atoms with Crippen LogP contribution in [0.1, 0.15) is 33.4 Å². The van der Waals surface area contributed by atoms with Crippen LogP contribution in [0.4, 0.5) is 6.01 Å². The third-order valence-corrected chi connectivity index (χ3v) is 2.34. The van der Waals surface area contributed by atoms with E-state index in [4.69, 9.17) is 4.42 Å². The molecule has 96 valence electrons. The van der Waals surface area contributed by atoms with Crippen LogP contribution in [0.2, 0.25) is 0 Å². The van der Waals surface area contributed by atoms with E-state index in [1.54, 1.807) is 6.26 Å². The molecular weight excluding hydrogens is 214 g/mol. The largest absolute Gasteiger partial charge is 0.432 e. The second kappa shape index (κ2) is 6.45. The topological polar surface area (TPSA) is 41.3 Å². The van der Waals surface area contributed by atoms with Gasteiger partial charge in [0.2, 0.25) is 0 Å². The smallest absolute Gasteiger partial charge is 0.297 e. The van der Waals surface area contributed by atoms with E-state index in [-0.39, 0.29) is 0 Å². The lowest BCUT2D eigenvalue weighted by atomic mass is 10.3. The van der Waals surface area contributed by atoms with E-state index >= 15 is 0 Å². The number of anilines is 1. The Hall–Kier alpha value is -1.29. The highest BCUT2D eigenvalue weighted by Gasteiger charge is 2.11. The fourth-order valence-corrected chi connectivity index (χ4v) is 1.47. The molecule has 1 N–H and O–H groups in total. The van der Waals surface area contributed by atoms with Crippen molar-refractivity contribution in [1.82, 2.24) is 10.3 Å². The van der Waals surface area contributed by atoms with E-state index in [2.05, 4.69) is 42.6 Å². The molecule has 0 amide bonds. The van der Waals surface area contributed by atoms with Crippen LogP contribution in [-0.2, 0) is 6.54 Å². The summed E-state index contributed by atoms with van der Waals surface area (Å²) in [4.78, 5) is 6.53.